The molecule has 1 rings (SSSR count). The Morgan fingerprint density at radius 3 is 2.29 bits per heavy atom. The number of rotatable bonds is 4. The quantitative estimate of drug-likeness (QED) is 0.869. The minimum atomic E-state index is -1.46. The van der Waals surface area contributed by atoms with Crippen LogP contribution in [0.5, 0.6) is 0 Å². The fourth-order valence-electron chi connectivity index (χ4n) is 2.14. The SMILES string of the molecule is CCC(C)(C#N)C(O)(CC)c1ccccc1F. The molecule has 2 atom stereocenters. The molecule has 3 heteroatoms. The predicted molar refractivity (Wildman–Crippen MR) is 64.6 cm³/mol. The summed E-state index contributed by atoms with van der Waals surface area (Å²) in [6, 6.07) is 8.23. The Kier molecular flexibility index (Phi) is 3.90. The number of benzene rings is 1. The van der Waals surface area contributed by atoms with Crippen molar-refractivity contribution in [1.29, 1.82) is 5.26 Å². The first-order chi connectivity index (χ1) is 7.95. The summed E-state index contributed by atoms with van der Waals surface area (Å²) in [4.78, 5) is 0. The van der Waals surface area contributed by atoms with Crippen LogP contribution in [0.1, 0.15) is 39.2 Å². The van der Waals surface area contributed by atoms with Crippen molar-refractivity contribution in [1.82, 2.24) is 0 Å². The molecule has 92 valence electrons. The molecule has 0 saturated carbocycles. The number of halogens is 1. The largest absolute Gasteiger partial charge is 0.383 e. The van der Waals surface area contributed by atoms with Crippen LogP contribution in [0.15, 0.2) is 24.3 Å². The molecule has 1 N–H and O–H groups in total. The lowest BCUT2D eigenvalue weighted by Crippen LogP contribution is -2.43. The van der Waals surface area contributed by atoms with Crippen molar-refractivity contribution in [2.75, 3.05) is 0 Å². The molecule has 0 fully saturated rings. The molecule has 0 heterocycles. The van der Waals surface area contributed by atoms with E-state index in [0.717, 1.165) is 0 Å². The highest BCUT2D eigenvalue weighted by molar-refractivity contribution is 5.29. The standard InChI is InChI=1S/C14H18FNO/c1-4-13(3,10-16)14(17,5-2)11-8-6-7-9-12(11)15/h6-9,17H,4-5H2,1-3H3. The molecule has 0 aromatic heterocycles. The molecular weight excluding hydrogens is 217 g/mol. The van der Waals surface area contributed by atoms with E-state index >= 15 is 0 Å². The van der Waals surface area contributed by atoms with Gasteiger partial charge in [0.05, 0.1) is 11.5 Å². The second-order valence-corrected chi connectivity index (χ2v) is 4.49. The fraction of sp³-hybridized carbons (Fsp3) is 0.500. The van der Waals surface area contributed by atoms with Gasteiger partial charge in [-0.2, -0.15) is 5.26 Å². The van der Waals surface area contributed by atoms with Gasteiger partial charge in [0.25, 0.3) is 0 Å². The first kappa shape index (κ1) is 13.7. The maximum atomic E-state index is 13.8. The van der Waals surface area contributed by atoms with Gasteiger partial charge in [-0.15, -0.1) is 0 Å². The maximum Gasteiger partial charge on any atom is 0.129 e. The predicted octanol–water partition coefficient (Wildman–Crippen LogP) is 3.36. The van der Waals surface area contributed by atoms with E-state index in [-0.39, 0.29) is 5.56 Å². The first-order valence-electron chi connectivity index (χ1n) is 5.83. The molecule has 17 heavy (non-hydrogen) atoms. The van der Waals surface area contributed by atoms with Crippen LogP contribution in [0.2, 0.25) is 0 Å². The lowest BCUT2D eigenvalue weighted by atomic mass is 9.67. The normalized spacial score (nSPS) is 17.9. The van der Waals surface area contributed by atoms with Crippen LogP contribution in [0.25, 0.3) is 0 Å². The van der Waals surface area contributed by atoms with Crippen molar-refractivity contribution in [2.24, 2.45) is 5.41 Å². The highest BCUT2D eigenvalue weighted by atomic mass is 19.1. The van der Waals surface area contributed by atoms with Crippen LogP contribution < -0.4 is 0 Å². The zero-order valence-electron chi connectivity index (χ0n) is 10.5. The van der Waals surface area contributed by atoms with Gasteiger partial charge in [0.1, 0.15) is 11.4 Å². The Morgan fingerprint density at radius 1 is 1.29 bits per heavy atom. The lowest BCUT2D eigenvalue weighted by Gasteiger charge is -2.39. The van der Waals surface area contributed by atoms with E-state index in [1.54, 1.807) is 32.0 Å². The van der Waals surface area contributed by atoms with Crippen molar-refractivity contribution in [3.63, 3.8) is 0 Å². The summed E-state index contributed by atoms with van der Waals surface area (Å²) in [7, 11) is 0. The zero-order chi connectivity index (χ0) is 13.1. The third-order valence-corrected chi connectivity index (χ3v) is 3.70. The third kappa shape index (κ3) is 2.05. The second kappa shape index (κ2) is 4.85. The molecular formula is C14H18FNO. The van der Waals surface area contributed by atoms with E-state index < -0.39 is 16.8 Å². The summed E-state index contributed by atoms with van der Waals surface area (Å²) in [5, 5.41) is 20.0. The molecule has 0 aliphatic rings. The minimum Gasteiger partial charge on any atom is -0.383 e. The van der Waals surface area contributed by atoms with Gasteiger partial charge in [0.2, 0.25) is 0 Å². The summed E-state index contributed by atoms with van der Waals surface area (Å²) in [5.41, 5.74) is -2.25. The number of hydrogen-bond acceptors (Lipinski definition) is 2. The minimum absolute atomic E-state index is 0.202. The van der Waals surface area contributed by atoms with Gasteiger partial charge in [-0.05, 0) is 25.8 Å². The van der Waals surface area contributed by atoms with Crippen LogP contribution in [0, 0.1) is 22.6 Å². The summed E-state index contributed by atoms with van der Waals surface area (Å²) in [5.74, 6) is -0.466. The van der Waals surface area contributed by atoms with E-state index in [1.807, 2.05) is 6.92 Å². The Morgan fingerprint density at radius 2 is 1.88 bits per heavy atom. The molecule has 0 spiro atoms. The Hall–Kier alpha value is -1.40. The topological polar surface area (TPSA) is 44.0 Å². The van der Waals surface area contributed by atoms with E-state index in [4.69, 9.17) is 0 Å². The van der Waals surface area contributed by atoms with Crippen LogP contribution in [0.4, 0.5) is 4.39 Å². The fourth-order valence-corrected chi connectivity index (χ4v) is 2.14. The highest BCUT2D eigenvalue weighted by Gasteiger charge is 2.47. The first-order valence-corrected chi connectivity index (χ1v) is 5.83. The number of hydrogen-bond donors (Lipinski definition) is 1. The molecule has 2 nitrogen and oxygen atoms in total. The lowest BCUT2D eigenvalue weighted by molar-refractivity contribution is -0.0613. The zero-order valence-corrected chi connectivity index (χ0v) is 10.5. The van der Waals surface area contributed by atoms with Crippen molar-refractivity contribution < 1.29 is 9.50 Å². The third-order valence-electron chi connectivity index (χ3n) is 3.70. The van der Waals surface area contributed by atoms with E-state index in [0.29, 0.717) is 12.8 Å². The van der Waals surface area contributed by atoms with Crippen LogP contribution in [0.3, 0.4) is 0 Å². The van der Waals surface area contributed by atoms with E-state index in [1.165, 1.54) is 6.07 Å². The average Bonchev–Trinajstić information content (AvgIpc) is 2.37. The van der Waals surface area contributed by atoms with Crippen LogP contribution >= 0.6 is 0 Å². The molecule has 0 radical (unpaired) electrons. The maximum absolute atomic E-state index is 13.8. The van der Waals surface area contributed by atoms with Crippen molar-refractivity contribution in [2.45, 2.75) is 39.2 Å². The molecule has 0 aliphatic heterocycles. The molecule has 0 aliphatic carbocycles. The molecule has 0 saturated heterocycles. The molecule has 0 bridgehead atoms. The van der Waals surface area contributed by atoms with E-state index in [9.17, 15) is 14.8 Å². The van der Waals surface area contributed by atoms with E-state index in [2.05, 4.69) is 6.07 Å². The number of aliphatic hydroxyl groups is 1. The van der Waals surface area contributed by atoms with Gasteiger partial charge in [-0.1, -0.05) is 32.0 Å². The van der Waals surface area contributed by atoms with Crippen molar-refractivity contribution in [3.8, 4) is 6.07 Å². The highest BCUT2D eigenvalue weighted by Crippen LogP contribution is 2.45. The Labute approximate surface area is 102 Å². The number of nitrogens with zero attached hydrogens (tertiary/aromatic N) is 1. The molecule has 1 aromatic carbocycles. The average molecular weight is 235 g/mol. The van der Waals surface area contributed by atoms with Gasteiger partial charge in [-0.25, -0.2) is 4.39 Å². The summed E-state index contributed by atoms with van der Waals surface area (Å²) >= 11 is 0. The monoisotopic (exact) mass is 235 g/mol. The van der Waals surface area contributed by atoms with Crippen LogP contribution in [-0.4, -0.2) is 5.11 Å². The molecule has 2 unspecified atom stereocenters. The van der Waals surface area contributed by atoms with Gasteiger partial charge >= 0.3 is 0 Å². The molecule has 0 amide bonds. The smallest absolute Gasteiger partial charge is 0.129 e. The van der Waals surface area contributed by atoms with Crippen LogP contribution in [-0.2, 0) is 5.60 Å². The van der Waals surface area contributed by atoms with Crippen molar-refractivity contribution in [3.05, 3.63) is 35.6 Å². The summed E-state index contributed by atoms with van der Waals surface area (Å²) < 4.78 is 13.8. The van der Waals surface area contributed by atoms with Gasteiger partial charge in [0, 0.05) is 5.56 Å². The van der Waals surface area contributed by atoms with Gasteiger partial charge in [-0.3, -0.25) is 0 Å². The summed E-state index contributed by atoms with van der Waals surface area (Å²) in [6.45, 7) is 5.26. The number of nitriles is 1. The second-order valence-electron chi connectivity index (χ2n) is 4.49. The molecule has 1 aromatic rings. The van der Waals surface area contributed by atoms with Gasteiger partial charge < -0.3 is 5.11 Å². The van der Waals surface area contributed by atoms with Crippen molar-refractivity contribution >= 4 is 0 Å². The Balaban J connectivity index is 3.41. The summed E-state index contributed by atoms with van der Waals surface area (Å²) in [6.07, 6.45) is 0.758. The van der Waals surface area contributed by atoms with Gasteiger partial charge in [0.15, 0.2) is 0 Å². The Bertz CT molecular complexity index is 440.